The van der Waals surface area contributed by atoms with Crippen LogP contribution in [0.5, 0.6) is 0 Å². The molecule has 0 spiro atoms. The molecule has 22 heavy (non-hydrogen) atoms. The summed E-state index contributed by atoms with van der Waals surface area (Å²) in [5.41, 5.74) is 0.896. The highest BCUT2D eigenvalue weighted by molar-refractivity contribution is 6.30. The maximum atomic E-state index is 12.4. The number of hydrogen-bond donors (Lipinski definition) is 1. The number of halogens is 1. The highest BCUT2D eigenvalue weighted by Gasteiger charge is 2.28. The Hall–Kier alpha value is -1.85. The summed E-state index contributed by atoms with van der Waals surface area (Å²) in [5, 5.41) is 3.67. The van der Waals surface area contributed by atoms with Crippen molar-refractivity contribution in [2.75, 3.05) is 6.61 Å². The van der Waals surface area contributed by atoms with E-state index in [9.17, 15) is 4.79 Å². The SMILES string of the molecule is Cn1ccnc1C(NC(=O)C1CCCO1)c1cccc(Cl)c1. The van der Waals surface area contributed by atoms with E-state index in [1.807, 2.05) is 42.1 Å². The molecule has 2 atom stereocenters. The molecule has 1 N–H and O–H groups in total. The van der Waals surface area contributed by atoms with E-state index in [0.29, 0.717) is 11.6 Å². The second-order valence-electron chi connectivity index (χ2n) is 5.39. The number of nitrogens with one attached hydrogen (secondary N) is 1. The largest absolute Gasteiger partial charge is 0.368 e. The number of benzene rings is 1. The number of hydrogen-bond acceptors (Lipinski definition) is 3. The molecule has 1 aliphatic heterocycles. The number of carbonyl (C=O) groups excluding carboxylic acids is 1. The van der Waals surface area contributed by atoms with Gasteiger partial charge in [-0.2, -0.15) is 0 Å². The van der Waals surface area contributed by atoms with Crippen molar-refractivity contribution in [1.82, 2.24) is 14.9 Å². The first-order valence-electron chi connectivity index (χ1n) is 7.30. The van der Waals surface area contributed by atoms with E-state index < -0.39 is 0 Å². The number of amides is 1. The summed E-state index contributed by atoms with van der Waals surface area (Å²) < 4.78 is 7.35. The van der Waals surface area contributed by atoms with Crippen LogP contribution in [0.2, 0.25) is 5.02 Å². The van der Waals surface area contributed by atoms with Crippen LogP contribution in [0, 0.1) is 0 Å². The Bertz CT molecular complexity index is 665. The van der Waals surface area contributed by atoms with Crippen molar-refractivity contribution < 1.29 is 9.53 Å². The number of ether oxygens (including phenoxy) is 1. The zero-order chi connectivity index (χ0) is 15.5. The lowest BCUT2D eigenvalue weighted by Crippen LogP contribution is -2.38. The Morgan fingerprint density at radius 3 is 3.05 bits per heavy atom. The van der Waals surface area contributed by atoms with Crippen LogP contribution in [0.3, 0.4) is 0 Å². The van der Waals surface area contributed by atoms with Crippen molar-refractivity contribution in [2.24, 2.45) is 7.05 Å². The van der Waals surface area contributed by atoms with Gasteiger partial charge in [0.25, 0.3) is 0 Å². The van der Waals surface area contributed by atoms with E-state index in [1.54, 1.807) is 6.20 Å². The summed E-state index contributed by atoms with van der Waals surface area (Å²) in [6.07, 6.45) is 4.87. The summed E-state index contributed by atoms with van der Waals surface area (Å²) in [4.78, 5) is 16.8. The van der Waals surface area contributed by atoms with Gasteiger partial charge >= 0.3 is 0 Å². The third-order valence-electron chi connectivity index (χ3n) is 3.81. The minimum Gasteiger partial charge on any atom is -0.368 e. The Balaban J connectivity index is 1.89. The van der Waals surface area contributed by atoms with E-state index in [0.717, 1.165) is 24.2 Å². The van der Waals surface area contributed by atoms with Crippen LogP contribution in [0.1, 0.15) is 30.3 Å². The molecule has 1 amide bonds. The molecule has 5 nitrogen and oxygen atoms in total. The predicted molar refractivity (Wildman–Crippen MR) is 83.6 cm³/mol. The van der Waals surface area contributed by atoms with Gasteiger partial charge in [-0.25, -0.2) is 4.98 Å². The van der Waals surface area contributed by atoms with Gasteiger partial charge in [-0.1, -0.05) is 23.7 Å². The summed E-state index contributed by atoms with van der Waals surface area (Å²) in [6, 6.07) is 7.10. The zero-order valence-corrected chi connectivity index (χ0v) is 13.1. The van der Waals surface area contributed by atoms with Gasteiger partial charge in [-0.15, -0.1) is 0 Å². The van der Waals surface area contributed by atoms with Crippen molar-refractivity contribution in [3.05, 3.63) is 53.1 Å². The fourth-order valence-corrected chi connectivity index (χ4v) is 2.86. The van der Waals surface area contributed by atoms with E-state index in [4.69, 9.17) is 16.3 Å². The fourth-order valence-electron chi connectivity index (χ4n) is 2.66. The molecular formula is C16H18ClN3O2. The van der Waals surface area contributed by atoms with E-state index in [1.165, 1.54) is 0 Å². The first-order valence-corrected chi connectivity index (χ1v) is 7.67. The first kappa shape index (κ1) is 15.1. The molecular weight excluding hydrogens is 302 g/mol. The molecule has 0 aliphatic carbocycles. The molecule has 0 radical (unpaired) electrons. The molecule has 1 aromatic heterocycles. The molecule has 1 aromatic carbocycles. The second kappa shape index (κ2) is 6.50. The van der Waals surface area contributed by atoms with E-state index in [-0.39, 0.29) is 18.1 Å². The molecule has 1 aliphatic rings. The molecule has 2 unspecified atom stereocenters. The third-order valence-corrected chi connectivity index (χ3v) is 4.04. The molecule has 0 bridgehead atoms. The van der Waals surface area contributed by atoms with Crippen molar-refractivity contribution in [2.45, 2.75) is 25.0 Å². The normalized spacial score (nSPS) is 19.1. The average molecular weight is 320 g/mol. The highest BCUT2D eigenvalue weighted by atomic mass is 35.5. The van der Waals surface area contributed by atoms with Gasteiger partial charge in [0.15, 0.2) is 0 Å². The minimum absolute atomic E-state index is 0.106. The molecule has 6 heteroatoms. The third kappa shape index (κ3) is 3.15. The Morgan fingerprint density at radius 1 is 1.55 bits per heavy atom. The topological polar surface area (TPSA) is 56.2 Å². The van der Waals surface area contributed by atoms with Crippen molar-refractivity contribution in [3.8, 4) is 0 Å². The van der Waals surface area contributed by atoms with Gasteiger partial charge in [0.05, 0.1) is 0 Å². The van der Waals surface area contributed by atoms with Gasteiger partial charge in [0.2, 0.25) is 5.91 Å². The lowest BCUT2D eigenvalue weighted by molar-refractivity contribution is -0.130. The number of imidazole rings is 1. The van der Waals surface area contributed by atoms with Crippen LogP contribution < -0.4 is 5.32 Å². The molecule has 0 saturated carbocycles. The number of nitrogens with zero attached hydrogens (tertiary/aromatic N) is 2. The maximum Gasteiger partial charge on any atom is 0.249 e. The van der Waals surface area contributed by atoms with Gasteiger partial charge in [-0.05, 0) is 30.5 Å². The van der Waals surface area contributed by atoms with Crippen LogP contribution in [0.15, 0.2) is 36.7 Å². The lowest BCUT2D eigenvalue weighted by atomic mass is 10.1. The lowest BCUT2D eigenvalue weighted by Gasteiger charge is -2.21. The van der Waals surface area contributed by atoms with Gasteiger partial charge < -0.3 is 14.6 Å². The number of carbonyl (C=O) groups is 1. The molecule has 2 aromatic rings. The number of rotatable bonds is 4. The van der Waals surface area contributed by atoms with E-state index in [2.05, 4.69) is 10.3 Å². The van der Waals surface area contributed by atoms with Crippen molar-refractivity contribution in [1.29, 1.82) is 0 Å². The van der Waals surface area contributed by atoms with Crippen LogP contribution in [0.4, 0.5) is 0 Å². The number of aryl methyl sites for hydroxylation is 1. The maximum absolute atomic E-state index is 12.4. The quantitative estimate of drug-likeness (QED) is 0.942. The minimum atomic E-state index is -0.373. The summed E-state index contributed by atoms with van der Waals surface area (Å²) in [5.74, 6) is 0.652. The van der Waals surface area contributed by atoms with Gasteiger partial charge in [0, 0.05) is 31.1 Å². The van der Waals surface area contributed by atoms with Crippen LogP contribution in [-0.4, -0.2) is 28.2 Å². The van der Waals surface area contributed by atoms with Crippen molar-refractivity contribution in [3.63, 3.8) is 0 Å². The molecule has 1 fully saturated rings. The molecule has 2 heterocycles. The van der Waals surface area contributed by atoms with Crippen LogP contribution in [0.25, 0.3) is 0 Å². The smallest absolute Gasteiger partial charge is 0.249 e. The Morgan fingerprint density at radius 2 is 2.41 bits per heavy atom. The molecule has 116 valence electrons. The second-order valence-corrected chi connectivity index (χ2v) is 5.83. The number of aromatic nitrogens is 2. The average Bonchev–Trinajstić information content (AvgIpc) is 3.16. The van der Waals surface area contributed by atoms with Crippen LogP contribution >= 0.6 is 11.6 Å². The molecule has 1 saturated heterocycles. The van der Waals surface area contributed by atoms with Crippen molar-refractivity contribution >= 4 is 17.5 Å². The molecule has 3 rings (SSSR count). The van der Waals surface area contributed by atoms with Gasteiger partial charge in [-0.3, -0.25) is 4.79 Å². The Labute approximate surface area is 134 Å². The Kier molecular flexibility index (Phi) is 4.45. The zero-order valence-electron chi connectivity index (χ0n) is 12.3. The van der Waals surface area contributed by atoms with E-state index >= 15 is 0 Å². The van der Waals surface area contributed by atoms with Crippen LogP contribution in [-0.2, 0) is 16.6 Å². The summed E-state index contributed by atoms with van der Waals surface area (Å²) in [6.45, 7) is 0.641. The summed E-state index contributed by atoms with van der Waals surface area (Å²) >= 11 is 6.09. The fraction of sp³-hybridized carbons (Fsp3) is 0.375. The standard InChI is InChI=1S/C16H18ClN3O2/c1-20-8-7-18-15(20)14(11-4-2-5-12(17)10-11)19-16(21)13-6-3-9-22-13/h2,4-5,7-8,10,13-14H,3,6,9H2,1H3,(H,19,21). The summed E-state index contributed by atoms with van der Waals surface area (Å²) in [7, 11) is 1.90. The highest BCUT2D eigenvalue weighted by Crippen LogP contribution is 2.24. The van der Waals surface area contributed by atoms with Gasteiger partial charge in [0.1, 0.15) is 18.0 Å². The first-order chi connectivity index (χ1) is 10.6. The monoisotopic (exact) mass is 319 g/mol. The predicted octanol–water partition coefficient (Wildman–Crippen LogP) is 2.46.